The molecule has 0 bridgehead atoms. The maximum absolute atomic E-state index is 12.4. The van der Waals surface area contributed by atoms with Gasteiger partial charge in [0.25, 0.3) is 0 Å². The van der Waals surface area contributed by atoms with Gasteiger partial charge in [-0.15, -0.1) is 0 Å². The van der Waals surface area contributed by atoms with Crippen LogP contribution < -0.4 is 10.2 Å². The number of hydrogen-bond acceptors (Lipinski definition) is 3. The summed E-state index contributed by atoms with van der Waals surface area (Å²) in [6.07, 6.45) is 0.192. The molecule has 0 aliphatic carbocycles. The van der Waals surface area contributed by atoms with E-state index in [1.54, 1.807) is 29.2 Å². The lowest BCUT2D eigenvalue weighted by molar-refractivity contribution is -0.122. The molecule has 5 heteroatoms. The molecule has 3 rings (SSSR count). The molecule has 1 aliphatic heterocycles. The zero-order chi connectivity index (χ0) is 17.1. The number of anilines is 2. The Kier molecular flexibility index (Phi) is 4.30. The fourth-order valence-corrected chi connectivity index (χ4v) is 2.77. The Bertz CT molecular complexity index is 821. The lowest BCUT2D eigenvalue weighted by atomic mass is 10.1. The van der Waals surface area contributed by atoms with Crippen LogP contribution in [0.1, 0.15) is 17.5 Å². The first-order chi connectivity index (χ1) is 11.6. The summed E-state index contributed by atoms with van der Waals surface area (Å²) in [4.78, 5) is 26.3. The Morgan fingerprint density at radius 2 is 2.00 bits per heavy atom. The Balaban J connectivity index is 1.69. The van der Waals surface area contributed by atoms with Crippen molar-refractivity contribution >= 4 is 23.2 Å². The van der Waals surface area contributed by atoms with Crippen LogP contribution in [0.2, 0.25) is 0 Å². The Morgan fingerprint density at radius 3 is 2.71 bits per heavy atom. The number of benzene rings is 2. The summed E-state index contributed by atoms with van der Waals surface area (Å²) in [5.74, 6) is -0.651. The zero-order valence-electron chi connectivity index (χ0n) is 13.3. The van der Waals surface area contributed by atoms with Crippen LogP contribution in [0.25, 0.3) is 0 Å². The maximum atomic E-state index is 12.4. The number of hydrogen-bond donors (Lipinski definition) is 1. The third kappa shape index (κ3) is 3.28. The highest BCUT2D eigenvalue weighted by molar-refractivity contribution is 6.03. The van der Waals surface area contributed by atoms with Crippen LogP contribution in [0.5, 0.6) is 0 Å². The molecule has 0 saturated carbocycles. The SMILES string of the molecule is Cc1ccc(N2CC(C(=O)Nc3cccc(C#N)c3)CC2=O)cc1. The number of nitrogens with zero attached hydrogens (tertiary/aromatic N) is 2. The van der Waals surface area contributed by atoms with Crippen LogP contribution in [-0.4, -0.2) is 18.4 Å². The van der Waals surface area contributed by atoms with Crippen LogP contribution in [0, 0.1) is 24.2 Å². The van der Waals surface area contributed by atoms with Crippen LogP contribution in [-0.2, 0) is 9.59 Å². The first-order valence-corrected chi connectivity index (χ1v) is 7.75. The summed E-state index contributed by atoms with van der Waals surface area (Å²) >= 11 is 0. The monoisotopic (exact) mass is 319 g/mol. The summed E-state index contributed by atoms with van der Waals surface area (Å²) in [5, 5.41) is 11.7. The van der Waals surface area contributed by atoms with Crippen molar-refractivity contribution in [3.05, 3.63) is 59.7 Å². The van der Waals surface area contributed by atoms with Crippen molar-refractivity contribution in [3.8, 4) is 6.07 Å². The van der Waals surface area contributed by atoms with Crippen LogP contribution >= 0.6 is 0 Å². The van der Waals surface area contributed by atoms with Gasteiger partial charge < -0.3 is 10.2 Å². The molecule has 2 aromatic rings. The Labute approximate surface area is 140 Å². The minimum atomic E-state index is -0.399. The molecule has 2 amide bonds. The summed E-state index contributed by atoms with van der Waals surface area (Å²) in [7, 11) is 0. The van der Waals surface area contributed by atoms with Gasteiger partial charge >= 0.3 is 0 Å². The van der Waals surface area contributed by atoms with Gasteiger partial charge in [-0.05, 0) is 37.3 Å². The molecule has 1 fully saturated rings. The number of nitriles is 1. The van der Waals surface area contributed by atoms with Gasteiger partial charge in [-0.1, -0.05) is 23.8 Å². The van der Waals surface area contributed by atoms with Gasteiger partial charge in [-0.25, -0.2) is 0 Å². The molecule has 0 spiro atoms. The van der Waals surface area contributed by atoms with Gasteiger partial charge in [0, 0.05) is 24.3 Å². The topological polar surface area (TPSA) is 73.2 Å². The number of nitrogens with one attached hydrogen (secondary N) is 1. The molecule has 2 aromatic carbocycles. The highest BCUT2D eigenvalue weighted by Gasteiger charge is 2.35. The summed E-state index contributed by atoms with van der Waals surface area (Å²) in [5.41, 5.74) is 2.99. The Hall–Kier alpha value is -3.13. The maximum Gasteiger partial charge on any atom is 0.229 e. The lowest BCUT2D eigenvalue weighted by Crippen LogP contribution is -2.28. The number of carbonyl (C=O) groups is 2. The van der Waals surface area contributed by atoms with E-state index < -0.39 is 5.92 Å². The fraction of sp³-hybridized carbons (Fsp3) is 0.211. The van der Waals surface area contributed by atoms with Crippen molar-refractivity contribution in [2.75, 3.05) is 16.8 Å². The zero-order valence-corrected chi connectivity index (χ0v) is 13.3. The van der Waals surface area contributed by atoms with E-state index in [2.05, 4.69) is 5.32 Å². The van der Waals surface area contributed by atoms with Crippen LogP contribution in [0.15, 0.2) is 48.5 Å². The van der Waals surface area contributed by atoms with E-state index in [0.29, 0.717) is 17.8 Å². The average Bonchev–Trinajstić information content (AvgIpc) is 2.98. The van der Waals surface area contributed by atoms with E-state index in [-0.39, 0.29) is 18.2 Å². The summed E-state index contributed by atoms with van der Waals surface area (Å²) in [6.45, 7) is 2.35. The number of rotatable bonds is 3. The van der Waals surface area contributed by atoms with E-state index >= 15 is 0 Å². The third-order valence-corrected chi connectivity index (χ3v) is 4.10. The van der Waals surface area contributed by atoms with Crippen molar-refractivity contribution in [2.24, 2.45) is 5.92 Å². The molecule has 120 valence electrons. The largest absolute Gasteiger partial charge is 0.326 e. The summed E-state index contributed by atoms with van der Waals surface area (Å²) < 4.78 is 0. The molecular weight excluding hydrogens is 302 g/mol. The van der Waals surface area contributed by atoms with Crippen LogP contribution in [0.3, 0.4) is 0 Å². The molecule has 24 heavy (non-hydrogen) atoms. The second-order valence-electron chi connectivity index (χ2n) is 5.92. The molecule has 1 aliphatic rings. The first kappa shape index (κ1) is 15.8. The van der Waals surface area contributed by atoms with Gasteiger partial charge in [0.1, 0.15) is 0 Å². The van der Waals surface area contributed by atoms with Gasteiger partial charge in [-0.3, -0.25) is 9.59 Å². The standard InChI is InChI=1S/C19H17N3O2/c1-13-5-7-17(8-6-13)22-12-15(10-18(22)23)19(24)21-16-4-2-3-14(9-16)11-20/h2-9,15H,10,12H2,1H3,(H,21,24). The van der Waals surface area contributed by atoms with Gasteiger partial charge in [0.2, 0.25) is 11.8 Å². The predicted octanol–water partition coefficient (Wildman–Crippen LogP) is 2.86. The highest BCUT2D eigenvalue weighted by Crippen LogP contribution is 2.26. The minimum absolute atomic E-state index is 0.0511. The van der Waals surface area contributed by atoms with E-state index in [0.717, 1.165) is 11.3 Å². The van der Waals surface area contributed by atoms with E-state index in [4.69, 9.17) is 5.26 Å². The number of amides is 2. The highest BCUT2D eigenvalue weighted by atomic mass is 16.2. The normalized spacial score (nSPS) is 16.8. The van der Waals surface area contributed by atoms with E-state index in [1.807, 2.05) is 37.3 Å². The molecule has 5 nitrogen and oxygen atoms in total. The number of carbonyl (C=O) groups excluding carboxylic acids is 2. The van der Waals surface area contributed by atoms with Crippen molar-refractivity contribution < 1.29 is 9.59 Å². The predicted molar refractivity (Wildman–Crippen MR) is 91.4 cm³/mol. The molecule has 1 N–H and O–H groups in total. The van der Waals surface area contributed by atoms with Gasteiger partial charge in [-0.2, -0.15) is 5.26 Å². The third-order valence-electron chi connectivity index (χ3n) is 4.10. The van der Waals surface area contributed by atoms with Crippen molar-refractivity contribution in [2.45, 2.75) is 13.3 Å². The lowest BCUT2D eigenvalue weighted by Gasteiger charge is -2.17. The molecular formula is C19H17N3O2. The summed E-state index contributed by atoms with van der Waals surface area (Å²) in [6, 6.07) is 16.5. The van der Waals surface area contributed by atoms with Gasteiger partial charge in [0.15, 0.2) is 0 Å². The van der Waals surface area contributed by atoms with Crippen LogP contribution in [0.4, 0.5) is 11.4 Å². The second-order valence-corrected chi connectivity index (χ2v) is 5.92. The molecule has 1 heterocycles. The molecule has 0 radical (unpaired) electrons. The minimum Gasteiger partial charge on any atom is -0.326 e. The van der Waals surface area contributed by atoms with Gasteiger partial charge in [0.05, 0.1) is 17.6 Å². The van der Waals surface area contributed by atoms with Crippen molar-refractivity contribution in [1.29, 1.82) is 5.26 Å². The smallest absolute Gasteiger partial charge is 0.229 e. The van der Waals surface area contributed by atoms with E-state index in [1.165, 1.54) is 0 Å². The molecule has 1 atom stereocenters. The second kappa shape index (κ2) is 6.55. The van der Waals surface area contributed by atoms with Crippen molar-refractivity contribution in [3.63, 3.8) is 0 Å². The van der Waals surface area contributed by atoms with Crippen molar-refractivity contribution in [1.82, 2.24) is 0 Å². The number of aryl methyl sites for hydroxylation is 1. The molecule has 0 aromatic heterocycles. The fourth-order valence-electron chi connectivity index (χ4n) is 2.77. The Morgan fingerprint density at radius 1 is 1.25 bits per heavy atom. The average molecular weight is 319 g/mol. The first-order valence-electron chi connectivity index (χ1n) is 7.75. The molecule has 1 unspecified atom stereocenters. The molecule has 1 saturated heterocycles. The van der Waals surface area contributed by atoms with E-state index in [9.17, 15) is 9.59 Å². The quantitative estimate of drug-likeness (QED) is 0.945.